The highest BCUT2D eigenvalue weighted by Crippen LogP contribution is 2.44. The van der Waals surface area contributed by atoms with E-state index >= 15 is 0 Å². The van der Waals surface area contributed by atoms with Gasteiger partial charge >= 0.3 is 47.6 Å². The molecule has 6 aliphatic heterocycles. The lowest BCUT2D eigenvalue weighted by atomic mass is 10.0. The summed E-state index contributed by atoms with van der Waals surface area (Å²) < 4.78 is 8.69. The van der Waals surface area contributed by atoms with Crippen molar-refractivity contribution in [1.82, 2.24) is 91.1 Å². The average Bonchev–Trinajstić information content (AvgIpc) is 0.894. The largest absolute Gasteiger partial charge is 0.508 e. The van der Waals surface area contributed by atoms with Crippen molar-refractivity contribution in [2.75, 3.05) is 62.3 Å². The number of carbonyl (C=O) groups excluding carboxylic acids is 11. The number of imide groups is 2. The Labute approximate surface area is 508 Å². The van der Waals surface area contributed by atoms with Crippen LogP contribution in [0.3, 0.4) is 0 Å². The molecule has 0 radical (unpaired) electrons. The van der Waals surface area contributed by atoms with E-state index in [4.69, 9.17) is 4.74 Å². The number of nitrogens with one attached hydrogen (secondary N) is 4. The van der Waals surface area contributed by atoms with Crippen LogP contribution in [0.15, 0.2) is 81.4 Å². The number of hydrogen-bond acceptors (Lipinski definition) is 24. The maximum absolute atomic E-state index is 14.6. The minimum absolute atomic E-state index is 0.00559. The molecule has 4 fully saturated rings. The van der Waals surface area contributed by atoms with E-state index in [1.165, 1.54) is 91.2 Å². The molecule has 2 aromatic carbocycles. The van der Waals surface area contributed by atoms with Gasteiger partial charge in [0.1, 0.15) is 57.8 Å². The minimum atomic E-state index is -1.69. The molecular formula is C50H52N18O15S4. The number of hydrogen-bond donors (Lipinski definition) is 6. The van der Waals surface area contributed by atoms with E-state index < -0.39 is 106 Å². The van der Waals surface area contributed by atoms with Gasteiger partial charge in [0.2, 0.25) is 22.1 Å². The Balaban J connectivity index is 0.873. The predicted molar refractivity (Wildman–Crippen MR) is 301 cm³/mol. The van der Waals surface area contributed by atoms with E-state index in [1.807, 2.05) is 0 Å². The normalized spacial score (nSPS) is 21.0. The summed E-state index contributed by atoms with van der Waals surface area (Å²) in [7, 11) is 3.21. The van der Waals surface area contributed by atoms with E-state index in [-0.39, 0.29) is 96.3 Å². The molecule has 12 amide bonds. The molecule has 6 atom stereocenters. The first-order valence-corrected chi connectivity index (χ1v) is 30.6. The summed E-state index contributed by atoms with van der Waals surface area (Å²) >= 11 is 4.69. The highest BCUT2D eigenvalue weighted by atomic mass is 32.2. The highest BCUT2D eigenvalue weighted by Gasteiger charge is 2.56. The molecule has 6 N–H and O–H groups in total. The summed E-state index contributed by atoms with van der Waals surface area (Å²) in [6.07, 6.45) is 0. The summed E-state index contributed by atoms with van der Waals surface area (Å²) in [6.45, 7) is 3.41. The third kappa shape index (κ3) is 12.1. The number of carboxylic acid groups (broad SMARTS) is 1. The van der Waals surface area contributed by atoms with Crippen LogP contribution in [0.2, 0.25) is 0 Å². The van der Waals surface area contributed by atoms with Crippen molar-refractivity contribution >= 4 is 118 Å². The van der Waals surface area contributed by atoms with Gasteiger partial charge in [0.15, 0.2) is 0 Å². The number of likely N-dealkylation sites (N-methyl/N-ethyl adjacent to an activating group) is 2. The second-order valence-corrected chi connectivity index (χ2v) is 23.8. The number of rotatable bonds is 19. The third-order valence-corrected chi connectivity index (χ3v) is 19.5. The number of tetrazole rings is 2. The van der Waals surface area contributed by atoms with E-state index in [2.05, 4.69) is 52.3 Å². The number of aromatic nitrogens is 8. The molecular weight excluding hydrogens is 1220 g/mol. The molecule has 0 saturated carbocycles. The van der Waals surface area contributed by atoms with Gasteiger partial charge in [-0.3, -0.25) is 58.0 Å². The van der Waals surface area contributed by atoms with Crippen LogP contribution >= 0.6 is 47.0 Å². The number of benzene rings is 2. The van der Waals surface area contributed by atoms with Gasteiger partial charge in [-0.1, -0.05) is 47.8 Å². The van der Waals surface area contributed by atoms with Crippen LogP contribution in [-0.2, 0) is 62.0 Å². The van der Waals surface area contributed by atoms with Crippen molar-refractivity contribution in [1.29, 1.82) is 0 Å². The molecule has 456 valence electrons. The van der Waals surface area contributed by atoms with Gasteiger partial charge in [-0.2, -0.15) is 0 Å². The van der Waals surface area contributed by atoms with Crippen LogP contribution in [0.5, 0.6) is 11.5 Å². The number of aromatic hydroxyl groups is 1. The summed E-state index contributed by atoms with van der Waals surface area (Å²) in [4.78, 5) is 169. The number of phenols is 1. The molecule has 33 nitrogen and oxygen atoms in total. The van der Waals surface area contributed by atoms with Crippen LogP contribution in [0.4, 0.5) is 9.59 Å². The zero-order valence-corrected chi connectivity index (χ0v) is 49.5. The molecule has 4 saturated heterocycles. The first kappa shape index (κ1) is 61.0. The second kappa shape index (κ2) is 25.5. The maximum atomic E-state index is 14.6. The Kier molecular flexibility index (Phi) is 17.9. The lowest BCUT2D eigenvalue weighted by Crippen LogP contribution is -2.71. The molecule has 6 aliphatic rings. The highest BCUT2D eigenvalue weighted by molar-refractivity contribution is 8.01. The number of carbonyl (C=O) groups is 12. The third-order valence-electron chi connectivity index (χ3n) is 14.6. The van der Waals surface area contributed by atoms with Gasteiger partial charge in [-0.15, -0.1) is 33.7 Å². The SMILES string of the molecule is CCN1CCN(C(=O)NC(C(=O)N[C@@H]2C(=O)N3C(C(=O)O)=C(CSc4nnnn4C)CS[C@H]23)c2ccc(OC(=O)C3=C(CSc4nnnn4C)CS[C@@H]4[C@H](NC(=O)C(NC(=O)N5CCN(CC)C(=O)C5=O)c5ccc(O)cc5)C(=O)N34)cc2)C(=O)C1=O. The standard InChI is InChI=1S/C50H52N18O15S4/c1-5-63-15-17-65(41(76)39(63)74)47(81)53-29(23-7-11-27(69)12-8-23)35(70)52-32-38(73)68-34(26(20-85-44(32)68)22-87-50-56-58-60-62(50)4)46(80)83-28-13-9-24(10-14-28)30(54-48(82)66-18-16-64(6-2)40(75)42(66)77)36(71)51-31-37(72)67-33(45(78)79)25(19-84-43(31)67)21-86-49-55-57-59-61(49)3/h7-14,29-32,43-44,69H,5-6,15-22H2,1-4H3,(H,51,71)(H,52,70)(H,53,81)(H,54,82)(H,78,79)/t29?,30?,31-,32-,43-,44-/m1/s1. The van der Waals surface area contributed by atoms with E-state index in [1.54, 1.807) is 27.9 Å². The number of nitrogens with zero attached hydrogens (tertiary/aromatic N) is 14. The number of thioether (sulfide) groups is 4. The first-order valence-electron chi connectivity index (χ1n) is 26.5. The van der Waals surface area contributed by atoms with Crippen molar-refractivity contribution in [3.8, 4) is 11.5 Å². The van der Waals surface area contributed by atoms with Crippen LogP contribution in [0.25, 0.3) is 0 Å². The summed E-state index contributed by atoms with van der Waals surface area (Å²) in [5.74, 6) is -9.81. The van der Waals surface area contributed by atoms with Crippen molar-refractivity contribution in [2.45, 2.75) is 59.1 Å². The topological polar surface area (TPSA) is 409 Å². The predicted octanol–water partition coefficient (Wildman–Crippen LogP) is -2.10. The molecule has 2 aromatic heterocycles. The van der Waals surface area contributed by atoms with Gasteiger partial charge in [-0.05, 0) is 81.2 Å². The van der Waals surface area contributed by atoms with E-state index in [9.17, 15) is 67.7 Å². The summed E-state index contributed by atoms with van der Waals surface area (Å²) in [5, 5.41) is 52.3. The van der Waals surface area contributed by atoms with Crippen molar-refractivity contribution < 1.29 is 72.5 Å². The number of urea groups is 2. The number of aliphatic carboxylic acids is 1. The number of ether oxygens (including phenoxy) is 1. The molecule has 37 heteroatoms. The lowest BCUT2D eigenvalue weighted by Gasteiger charge is -2.50. The second-order valence-electron chi connectivity index (χ2n) is 19.7. The Morgan fingerprint density at radius 1 is 0.621 bits per heavy atom. The minimum Gasteiger partial charge on any atom is -0.508 e. The van der Waals surface area contributed by atoms with Crippen molar-refractivity contribution in [2.24, 2.45) is 14.1 Å². The fourth-order valence-electron chi connectivity index (χ4n) is 9.93. The van der Waals surface area contributed by atoms with Crippen LogP contribution < -0.4 is 26.0 Å². The smallest absolute Gasteiger partial charge is 0.360 e. The number of esters is 1. The average molecular weight is 1270 g/mol. The molecule has 0 aliphatic carbocycles. The van der Waals surface area contributed by atoms with Crippen LogP contribution in [0, 0.1) is 0 Å². The van der Waals surface area contributed by atoms with Gasteiger partial charge in [0, 0.05) is 76.4 Å². The van der Waals surface area contributed by atoms with E-state index in [0.29, 0.717) is 31.3 Å². The van der Waals surface area contributed by atoms with E-state index in [0.717, 1.165) is 33.3 Å². The van der Waals surface area contributed by atoms with Gasteiger partial charge in [-0.25, -0.2) is 28.5 Å². The van der Waals surface area contributed by atoms with Crippen molar-refractivity contribution in [3.63, 3.8) is 0 Å². The maximum Gasteiger partial charge on any atom is 0.360 e. The molecule has 0 spiro atoms. The molecule has 87 heavy (non-hydrogen) atoms. The fourth-order valence-corrected chi connectivity index (χ4v) is 14.6. The Morgan fingerprint density at radius 2 is 1.05 bits per heavy atom. The quantitative estimate of drug-likeness (QED) is 0.0193. The van der Waals surface area contributed by atoms with Gasteiger partial charge in [0.05, 0.1) is 0 Å². The first-order chi connectivity index (χ1) is 41.7. The Hall–Kier alpha value is -9.10. The molecule has 2 unspecified atom stereocenters. The molecule has 0 bridgehead atoms. The number of fused-ring (bicyclic) bond motifs is 2. The van der Waals surface area contributed by atoms with Gasteiger partial charge in [0.25, 0.3) is 11.8 Å². The molecule has 8 heterocycles. The number of amides is 12. The lowest BCUT2D eigenvalue weighted by molar-refractivity contribution is -0.153. The summed E-state index contributed by atoms with van der Waals surface area (Å²) in [5.41, 5.74) is 0.498. The Morgan fingerprint density at radius 3 is 1.46 bits per heavy atom. The number of aryl methyl sites for hydroxylation is 2. The van der Waals surface area contributed by atoms with Gasteiger partial charge < -0.3 is 46.0 Å². The monoisotopic (exact) mass is 1270 g/mol. The number of piperazine rings is 2. The zero-order chi connectivity index (χ0) is 62.1. The number of β-lactam (4-membered cyclic amide) rings is 2. The Bertz CT molecular complexity index is 3600. The number of carboxylic acids is 1. The van der Waals surface area contributed by atoms with Crippen molar-refractivity contribution in [3.05, 3.63) is 82.2 Å². The van der Waals surface area contributed by atoms with Crippen LogP contribution in [0.1, 0.15) is 37.1 Å². The fraction of sp³-hybridized carbons (Fsp3) is 0.400. The zero-order valence-electron chi connectivity index (χ0n) is 46.2. The number of phenolic OH excluding ortho intramolecular Hbond substituents is 1. The molecule has 10 rings (SSSR count). The molecule has 4 aromatic rings. The van der Waals surface area contributed by atoms with Crippen LogP contribution in [-0.4, -0.2) is 236 Å². The summed E-state index contributed by atoms with van der Waals surface area (Å²) in [6, 6.07) is 2.29.